The Hall–Kier alpha value is 0.150. The van der Waals surface area contributed by atoms with Gasteiger partial charge < -0.3 is 0 Å². The van der Waals surface area contributed by atoms with Crippen LogP contribution in [0.5, 0.6) is 0 Å². The van der Waals surface area contributed by atoms with E-state index in [0.29, 0.717) is 0 Å². The highest BCUT2D eigenvalue weighted by molar-refractivity contribution is 6.67. The third-order valence-corrected chi connectivity index (χ3v) is 2.47. The minimum Gasteiger partial charge on any atom is -0.0929 e. The molecule has 0 amide bonds. The molecule has 82 valence electrons. The molecule has 0 saturated carbocycles. The summed E-state index contributed by atoms with van der Waals surface area (Å²) in [6.07, 6.45) is 1.85. The van der Waals surface area contributed by atoms with Gasteiger partial charge in [0.2, 0.25) is 0 Å². The van der Waals surface area contributed by atoms with Crippen molar-refractivity contribution in [2.24, 2.45) is 0 Å². The molecule has 1 aromatic rings. The maximum Gasteiger partial charge on any atom is 0.136 e. The standard InChI is InChI=1S/C8H7Cl.C2Cl4/c9-7-6-8-4-2-1-3-5-8;3-1(4)2(5)6/h1-7H;. The summed E-state index contributed by atoms with van der Waals surface area (Å²) in [4.78, 5) is 0. The van der Waals surface area contributed by atoms with Gasteiger partial charge in [0.15, 0.2) is 0 Å². The van der Waals surface area contributed by atoms with Crippen LogP contribution in [0, 0.1) is 0 Å². The van der Waals surface area contributed by atoms with Gasteiger partial charge in [-0.2, -0.15) is 0 Å². The molecule has 0 nitrogen and oxygen atoms in total. The van der Waals surface area contributed by atoms with Gasteiger partial charge in [0.05, 0.1) is 0 Å². The molecule has 1 rings (SSSR count). The average Bonchev–Trinajstić information content (AvgIpc) is 2.20. The summed E-state index contributed by atoms with van der Waals surface area (Å²) in [6.45, 7) is 0. The monoisotopic (exact) mass is 302 g/mol. The minimum absolute atomic E-state index is 0.0988. The van der Waals surface area contributed by atoms with Gasteiger partial charge in [0.1, 0.15) is 8.98 Å². The highest BCUT2D eigenvalue weighted by atomic mass is 35.5. The van der Waals surface area contributed by atoms with Crippen molar-refractivity contribution in [3.63, 3.8) is 0 Å². The molecular weight excluding hydrogens is 297 g/mol. The van der Waals surface area contributed by atoms with Crippen LogP contribution < -0.4 is 0 Å². The average molecular weight is 304 g/mol. The molecule has 0 spiro atoms. The number of hydrogen-bond donors (Lipinski definition) is 0. The van der Waals surface area contributed by atoms with E-state index in [1.807, 2.05) is 36.4 Å². The molecule has 0 saturated heterocycles. The number of rotatable bonds is 1. The summed E-state index contributed by atoms with van der Waals surface area (Å²) >= 11 is 25.3. The molecule has 0 atom stereocenters. The van der Waals surface area contributed by atoms with Crippen LogP contribution in [0.25, 0.3) is 6.08 Å². The molecule has 0 aliphatic heterocycles. The van der Waals surface area contributed by atoms with E-state index < -0.39 is 0 Å². The second-order valence-electron chi connectivity index (χ2n) is 2.22. The molecule has 0 bridgehead atoms. The summed E-state index contributed by atoms with van der Waals surface area (Å²) in [5.74, 6) is 0. The summed E-state index contributed by atoms with van der Waals surface area (Å²) < 4.78 is -0.198. The van der Waals surface area contributed by atoms with Crippen LogP contribution in [-0.2, 0) is 0 Å². The summed E-state index contributed by atoms with van der Waals surface area (Å²) in [7, 11) is 0. The lowest BCUT2D eigenvalue weighted by Gasteiger charge is -1.86. The molecule has 0 fully saturated rings. The maximum absolute atomic E-state index is 5.36. The summed E-state index contributed by atoms with van der Waals surface area (Å²) in [6, 6.07) is 9.93. The van der Waals surface area contributed by atoms with Crippen molar-refractivity contribution in [1.82, 2.24) is 0 Å². The van der Waals surface area contributed by atoms with E-state index in [1.165, 1.54) is 5.54 Å². The van der Waals surface area contributed by atoms with Crippen LogP contribution in [0.1, 0.15) is 5.56 Å². The van der Waals surface area contributed by atoms with Gasteiger partial charge in [0.25, 0.3) is 0 Å². The first kappa shape index (κ1) is 15.2. The van der Waals surface area contributed by atoms with Gasteiger partial charge >= 0.3 is 0 Å². The molecular formula is C10H7Cl5. The van der Waals surface area contributed by atoms with Crippen LogP contribution in [0.4, 0.5) is 0 Å². The van der Waals surface area contributed by atoms with Crippen molar-refractivity contribution in [2.75, 3.05) is 0 Å². The Balaban J connectivity index is 0.000000288. The highest BCUT2D eigenvalue weighted by Gasteiger charge is 1.88. The molecule has 0 heterocycles. The Morgan fingerprint density at radius 1 is 0.867 bits per heavy atom. The first-order valence-electron chi connectivity index (χ1n) is 3.76. The predicted octanol–water partition coefficient (Wildman–Crippen LogP) is 5.96. The fourth-order valence-electron chi connectivity index (χ4n) is 0.637. The van der Waals surface area contributed by atoms with Gasteiger partial charge in [0, 0.05) is 5.54 Å². The lowest BCUT2D eigenvalue weighted by atomic mass is 10.2. The van der Waals surface area contributed by atoms with E-state index in [9.17, 15) is 0 Å². The lowest BCUT2D eigenvalue weighted by Crippen LogP contribution is -1.64. The van der Waals surface area contributed by atoms with Gasteiger partial charge in [-0.1, -0.05) is 88.3 Å². The van der Waals surface area contributed by atoms with Crippen LogP contribution in [0.3, 0.4) is 0 Å². The lowest BCUT2D eigenvalue weighted by molar-refractivity contribution is 1.66. The molecule has 0 aromatic heterocycles. The topological polar surface area (TPSA) is 0 Å². The first-order valence-corrected chi connectivity index (χ1v) is 5.71. The van der Waals surface area contributed by atoms with Crippen LogP contribution >= 0.6 is 58.0 Å². The number of hydrogen-bond acceptors (Lipinski definition) is 0. The van der Waals surface area contributed by atoms with Crippen molar-refractivity contribution >= 4 is 64.1 Å². The van der Waals surface area contributed by atoms with E-state index in [0.717, 1.165) is 5.56 Å². The van der Waals surface area contributed by atoms with Crippen molar-refractivity contribution in [1.29, 1.82) is 0 Å². The Bertz CT molecular complexity index is 311. The Morgan fingerprint density at radius 2 is 1.33 bits per heavy atom. The summed E-state index contributed by atoms with van der Waals surface area (Å²) in [5.41, 5.74) is 2.64. The fourth-order valence-corrected chi connectivity index (χ4v) is 0.782. The zero-order valence-corrected chi connectivity index (χ0v) is 11.2. The van der Waals surface area contributed by atoms with Crippen molar-refractivity contribution in [2.45, 2.75) is 0 Å². The zero-order valence-electron chi connectivity index (χ0n) is 7.43. The Morgan fingerprint density at radius 3 is 1.67 bits per heavy atom. The van der Waals surface area contributed by atoms with Crippen molar-refractivity contribution < 1.29 is 0 Å². The molecule has 0 aliphatic rings. The van der Waals surface area contributed by atoms with Gasteiger partial charge in [-0.15, -0.1) is 0 Å². The molecule has 15 heavy (non-hydrogen) atoms. The van der Waals surface area contributed by atoms with E-state index in [2.05, 4.69) is 0 Å². The number of halogens is 5. The third kappa shape index (κ3) is 9.10. The largest absolute Gasteiger partial charge is 0.136 e. The summed E-state index contributed by atoms with van der Waals surface area (Å²) in [5, 5.41) is 0. The van der Waals surface area contributed by atoms with E-state index in [4.69, 9.17) is 58.0 Å². The highest BCUT2D eigenvalue weighted by Crippen LogP contribution is 2.20. The quantitative estimate of drug-likeness (QED) is 0.600. The molecule has 0 aliphatic carbocycles. The van der Waals surface area contributed by atoms with Crippen LogP contribution in [-0.4, -0.2) is 0 Å². The Labute approximate surface area is 114 Å². The second-order valence-corrected chi connectivity index (χ2v) is 4.37. The molecule has 1 aromatic carbocycles. The van der Waals surface area contributed by atoms with Gasteiger partial charge in [-0.25, -0.2) is 0 Å². The molecule has 0 radical (unpaired) electrons. The Kier molecular flexibility index (Phi) is 9.48. The third-order valence-electron chi connectivity index (χ3n) is 1.20. The molecule has 0 N–H and O–H groups in total. The predicted molar refractivity (Wildman–Crippen MR) is 71.8 cm³/mol. The van der Waals surface area contributed by atoms with E-state index in [-0.39, 0.29) is 8.98 Å². The second kappa shape index (κ2) is 9.38. The van der Waals surface area contributed by atoms with Crippen LogP contribution in [0.2, 0.25) is 0 Å². The minimum atomic E-state index is -0.0988. The molecule has 5 heteroatoms. The smallest absolute Gasteiger partial charge is 0.0929 e. The van der Waals surface area contributed by atoms with Crippen LogP contribution in [0.15, 0.2) is 44.8 Å². The SMILES string of the molecule is ClC(Cl)=C(Cl)Cl.ClC=Cc1ccccc1. The van der Waals surface area contributed by atoms with E-state index in [1.54, 1.807) is 0 Å². The molecule has 0 unspecified atom stereocenters. The van der Waals surface area contributed by atoms with Gasteiger partial charge in [-0.05, 0) is 11.6 Å². The fraction of sp³-hybridized carbons (Fsp3) is 0. The van der Waals surface area contributed by atoms with E-state index >= 15 is 0 Å². The first-order chi connectivity index (χ1) is 7.07. The zero-order chi connectivity index (χ0) is 11.7. The van der Waals surface area contributed by atoms with Crippen molar-refractivity contribution in [3.05, 3.63) is 50.4 Å². The number of benzene rings is 1. The van der Waals surface area contributed by atoms with Crippen molar-refractivity contribution in [3.8, 4) is 0 Å². The normalized spacial score (nSPS) is 9.40. The maximum atomic E-state index is 5.36. The van der Waals surface area contributed by atoms with Gasteiger partial charge in [-0.3, -0.25) is 0 Å².